The maximum Gasteiger partial charge on any atom is 0.416 e. The standard InChI is InChI=1S/C23H23F3N2O3/c1-3-12-31-21-9-8-17(23(24,25)26)13-19(21)27-22(30)14-20-18-7-5-4-6-16(18)10-11-28(20)15(2)29/h4-11,13,20H,3,12,14H2,1-2H3,(H,27,30). The molecular weight excluding hydrogens is 409 g/mol. The van der Waals surface area contributed by atoms with Gasteiger partial charge in [0.1, 0.15) is 5.75 Å². The molecule has 1 aliphatic heterocycles. The number of anilines is 1. The summed E-state index contributed by atoms with van der Waals surface area (Å²) in [5, 5.41) is 2.54. The van der Waals surface area contributed by atoms with Crippen molar-refractivity contribution in [3.63, 3.8) is 0 Å². The Morgan fingerprint density at radius 1 is 1.16 bits per heavy atom. The molecule has 2 aromatic carbocycles. The first-order valence-electron chi connectivity index (χ1n) is 9.90. The molecule has 2 aromatic rings. The van der Waals surface area contributed by atoms with Gasteiger partial charge in [0.2, 0.25) is 11.8 Å². The summed E-state index contributed by atoms with van der Waals surface area (Å²) in [6.07, 6.45) is -0.615. The van der Waals surface area contributed by atoms with E-state index in [4.69, 9.17) is 4.74 Å². The van der Waals surface area contributed by atoms with Gasteiger partial charge < -0.3 is 15.0 Å². The summed E-state index contributed by atoms with van der Waals surface area (Å²) < 4.78 is 45.0. The van der Waals surface area contributed by atoms with Crippen LogP contribution in [0, 0.1) is 0 Å². The smallest absolute Gasteiger partial charge is 0.416 e. The van der Waals surface area contributed by atoms with Crippen molar-refractivity contribution in [3.8, 4) is 5.75 Å². The lowest BCUT2D eigenvalue weighted by atomic mass is 9.93. The Hall–Kier alpha value is -3.29. The number of carbonyl (C=O) groups is 2. The van der Waals surface area contributed by atoms with Crippen molar-refractivity contribution in [1.29, 1.82) is 0 Å². The van der Waals surface area contributed by atoms with Crippen molar-refractivity contribution in [3.05, 3.63) is 65.4 Å². The van der Waals surface area contributed by atoms with Gasteiger partial charge in [-0.1, -0.05) is 31.2 Å². The van der Waals surface area contributed by atoms with Gasteiger partial charge in [0.05, 0.1) is 30.3 Å². The van der Waals surface area contributed by atoms with Crippen LogP contribution in [0.25, 0.3) is 6.08 Å². The summed E-state index contributed by atoms with van der Waals surface area (Å²) in [5.74, 6) is -0.604. The highest BCUT2D eigenvalue weighted by Gasteiger charge is 2.32. The Morgan fingerprint density at radius 3 is 2.58 bits per heavy atom. The summed E-state index contributed by atoms with van der Waals surface area (Å²) in [5.41, 5.74) is 0.732. The first kappa shape index (κ1) is 22.4. The van der Waals surface area contributed by atoms with E-state index >= 15 is 0 Å². The van der Waals surface area contributed by atoms with Crippen LogP contribution in [0.3, 0.4) is 0 Å². The van der Waals surface area contributed by atoms with E-state index in [1.165, 1.54) is 17.9 Å². The minimum Gasteiger partial charge on any atom is -0.491 e. The topological polar surface area (TPSA) is 58.6 Å². The average Bonchev–Trinajstić information content (AvgIpc) is 2.72. The van der Waals surface area contributed by atoms with Crippen LogP contribution in [0.1, 0.15) is 49.4 Å². The highest BCUT2D eigenvalue weighted by atomic mass is 19.4. The second-order valence-corrected chi connectivity index (χ2v) is 7.20. The van der Waals surface area contributed by atoms with Gasteiger partial charge in [-0.05, 0) is 41.8 Å². The van der Waals surface area contributed by atoms with Gasteiger partial charge in [0.25, 0.3) is 0 Å². The number of fused-ring (bicyclic) bond motifs is 1. The molecule has 0 spiro atoms. The van der Waals surface area contributed by atoms with E-state index in [1.807, 2.05) is 31.2 Å². The van der Waals surface area contributed by atoms with E-state index < -0.39 is 23.7 Å². The van der Waals surface area contributed by atoms with Gasteiger partial charge in [-0.25, -0.2) is 0 Å². The molecule has 1 atom stereocenters. The number of alkyl halides is 3. The molecule has 31 heavy (non-hydrogen) atoms. The molecule has 0 aliphatic carbocycles. The second-order valence-electron chi connectivity index (χ2n) is 7.20. The highest BCUT2D eigenvalue weighted by Crippen LogP contribution is 2.36. The third kappa shape index (κ3) is 5.25. The lowest BCUT2D eigenvalue weighted by Crippen LogP contribution is -2.33. The lowest BCUT2D eigenvalue weighted by molar-refractivity contribution is -0.137. The quantitative estimate of drug-likeness (QED) is 0.665. The molecular formula is C23H23F3N2O3. The third-order valence-corrected chi connectivity index (χ3v) is 4.89. The van der Waals surface area contributed by atoms with Crippen molar-refractivity contribution in [2.45, 2.75) is 38.9 Å². The number of carbonyl (C=O) groups excluding carboxylic acids is 2. The molecule has 0 aromatic heterocycles. The van der Waals surface area contributed by atoms with E-state index in [1.54, 1.807) is 12.3 Å². The number of hydrogen-bond acceptors (Lipinski definition) is 3. The maximum atomic E-state index is 13.2. The predicted octanol–water partition coefficient (Wildman–Crippen LogP) is 5.40. The Balaban J connectivity index is 1.86. The number of rotatable bonds is 6. The number of nitrogens with zero attached hydrogens (tertiary/aromatic N) is 1. The Kier molecular flexibility index (Phi) is 6.68. The minimum absolute atomic E-state index is 0.0534. The van der Waals surface area contributed by atoms with Gasteiger partial charge in [0, 0.05) is 13.1 Å². The number of hydrogen-bond donors (Lipinski definition) is 1. The van der Waals surface area contributed by atoms with Gasteiger partial charge in [-0.2, -0.15) is 13.2 Å². The highest BCUT2D eigenvalue weighted by molar-refractivity contribution is 5.93. The van der Waals surface area contributed by atoms with Crippen molar-refractivity contribution < 1.29 is 27.5 Å². The van der Waals surface area contributed by atoms with E-state index in [9.17, 15) is 22.8 Å². The molecule has 5 nitrogen and oxygen atoms in total. The van der Waals surface area contributed by atoms with E-state index in [2.05, 4.69) is 5.32 Å². The van der Waals surface area contributed by atoms with E-state index in [-0.39, 0.29) is 23.8 Å². The zero-order valence-electron chi connectivity index (χ0n) is 17.2. The van der Waals surface area contributed by atoms with Gasteiger partial charge in [0.15, 0.2) is 0 Å². The van der Waals surface area contributed by atoms with E-state index in [0.29, 0.717) is 13.0 Å². The lowest BCUT2D eigenvalue weighted by Gasteiger charge is -2.32. The van der Waals surface area contributed by atoms with Crippen molar-refractivity contribution >= 4 is 23.6 Å². The van der Waals surface area contributed by atoms with Gasteiger partial charge >= 0.3 is 6.18 Å². The van der Waals surface area contributed by atoms with Crippen LogP contribution in [0.4, 0.5) is 18.9 Å². The Morgan fingerprint density at radius 2 is 1.90 bits per heavy atom. The first-order chi connectivity index (χ1) is 14.7. The summed E-state index contributed by atoms with van der Waals surface area (Å²) in [4.78, 5) is 26.4. The van der Waals surface area contributed by atoms with Crippen LogP contribution >= 0.6 is 0 Å². The molecule has 1 aliphatic rings. The molecule has 1 unspecified atom stereocenters. The fraction of sp³-hybridized carbons (Fsp3) is 0.304. The fourth-order valence-corrected chi connectivity index (χ4v) is 3.43. The normalized spacial score (nSPS) is 15.4. The monoisotopic (exact) mass is 432 g/mol. The van der Waals surface area contributed by atoms with Crippen LogP contribution < -0.4 is 10.1 Å². The molecule has 0 fully saturated rings. The third-order valence-electron chi connectivity index (χ3n) is 4.89. The molecule has 8 heteroatoms. The van der Waals surface area contributed by atoms with Crippen LogP contribution in [-0.4, -0.2) is 23.3 Å². The summed E-state index contributed by atoms with van der Waals surface area (Å²) >= 11 is 0. The molecule has 1 heterocycles. The molecule has 2 amide bonds. The second kappa shape index (κ2) is 9.24. The van der Waals surface area contributed by atoms with Crippen molar-refractivity contribution in [2.75, 3.05) is 11.9 Å². The Bertz CT molecular complexity index is 1000. The summed E-state index contributed by atoms with van der Waals surface area (Å²) in [7, 11) is 0. The molecule has 0 saturated carbocycles. The number of nitrogens with one attached hydrogen (secondary N) is 1. The number of benzene rings is 2. The van der Waals surface area contributed by atoms with Crippen LogP contribution in [0.2, 0.25) is 0 Å². The first-order valence-corrected chi connectivity index (χ1v) is 9.90. The van der Waals surface area contributed by atoms with Crippen LogP contribution in [-0.2, 0) is 15.8 Å². The molecule has 1 N–H and O–H groups in total. The Labute approximate surface area is 178 Å². The van der Waals surface area contributed by atoms with Crippen LogP contribution in [0.5, 0.6) is 5.75 Å². The van der Waals surface area contributed by atoms with E-state index in [0.717, 1.165) is 23.3 Å². The summed E-state index contributed by atoms with van der Waals surface area (Å²) in [6, 6.07) is 9.78. The van der Waals surface area contributed by atoms with Crippen molar-refractivity contribution in [1.82, 2.24) is 4.90 Å². The molecule has 0 saturated heterocycles. The van der Waals surface area contributed by atoms with Crippen molar-refractivity contribution in [2.24, 2.45) is 0 Å². The largest absolute Gasteiger partial charge is 0.491 e. The summed E-state index contributed by atoms with van der Waals surface area (Å²) in [6.45, 7) is 3.56. The zero-order valence-corrected chi connectivity index (χ0v) is 17.2. The molecule has 0 bridgehead atoms. The number of amides is 2. The van der Waals surface area contributed by atoms with Gasteiger partial charge in [-0.15, -0.1) is 0 Å². The molecule has 0 radical (unpaired) electrons. The number of ether oxygens (including phenoxy) is 1. The van der Waals surface area contributed by atoms with Crippen LogP contribution in [0.15, 0.2) is 48.7 Å². The minimum atomic E-state index is -4.55. The molecule has 3 rings (SSSR count). The average molecular weight is 432 g/mol. The SMILES string of the molecule is CCCOc1ccc(C(F)(F)F)cc1NC(=O)CC1c2ccccc2C=CN1C(C)=O. The maximum absolute atomic E-state index is 13.2. The fourth-order valence-electron chi connectivity index (χ4n) is 3.43. The zero-order chi connectivity index (χ0) is 22.6. The van der Waals surface area contributed by atoms with Gasteiger partial charge in [-0.3, -0.25) is 9.59 Å². The predicted molar refractivity (Wildman–Crippen MR) is 111 cm³/mol. The number of halogens is 3. The molecule has 164 valence electrons.